The van der Waals surface area contributed by atoms with Crippen LogP contribution in [-0.2, 0) is 9.59 Å². The zero-order valence-electron chi connectivity index (χ0n) is 16.5. The molecule has 2 rings (SSSR count). The van der Waals surface area contributed by atoms with E-state index in [-0.39, 0.29) is 17.4 Å². The maximum atomic E-state index is 12.6. The van der Waals surface area contributed by atoms with Gasteiger partial charge in [-0.05, 0) is 43.2 Å². The monoisotopic (exact) mass is 472 g/mol. The van der Waals surface area contributed by atoms with Gasteiger partial charge in [0.15, 0.2) is 18.1 Å². The third-order valence-corrected chi connectivity index (χ3v) is 4.71. The van der Waals surface area contributed by atoms with E-state index in [1.807, 2.05) is 43.3 Å². The predicted octanol–water partition coefficient (Wildman–Crippen LogP) is 4.10. The Morgan fingerprint density at radius 1 is 1.23 bits per heavy atom. The van der Waals surface area contributed by atoms with Gasteiger partial charge in [0.2, 0.25) is 0 Å². The van der Waals surface area contributed by atoms with Gasteiger partial charge in [-0.25, -0.2) is 4.79 Å². The lowest BCUT2D eigenvalue weighted by Gasteiger charge is -2.15. The molecule has 2 aromatic carbocycles. The lowest BCUT2D eigenvalue weighted by atomic mass is 10.1. The van der Waals surface area contributed by atoms with Crippen LogP contribution in [-0.4, -0.2) is 30.2 Å². The van der Waals surface area contributed by atoms with Gasteiger partial charge >= 0.3 is 5.97 Å². The third kappa shape index (κ3) is 6.36. The van der Waals surface area contributed by atoms with Crippen molar-refractivity contribution in [1.82, 2.24) is 5.32 Å². The van der Waals surface area contributed by atoms with Crippen LogP contribution in [0, 0.1) is 11.3 Å². The molecule has 1 atom stereocenters. The van der Waals surface area contributed by atoms with E-state index in [1.165, 1.54) is 6.08 Å². The molecule has 0 aromatic heterocycles. The summed E-state index contributed by atoms with van der Waals surface area (Å²) in [6, 6.07) is 14.2. The number of nitrogens with one attached hydrogen (secondary N) is 1. The third-order valence-electron chi connectivity index (χ3n) is 4.03. The van der Waals surface area contributed by atoms with E-state index in [9.17, 15) is 14.9 Å². The average Bonchev–Trinajstić information content (AvgIpc) is 2.73. The van der Waals surface area contributed by atoms with Crippen LogP contribution in [0.15, 0.2) is 52.5 Å². The van der Waals surface area contributed by atoms with E-state index in [1.54, 1.807) is 19.1 Å². The predicted molar refractivity (Wildman–Crippen MR) is 115 cm³/mol. The molecule has 2 aromatic rings. The van der Waals surface area contributed by atoms with Gasteiger partial charge in [0.05, 0.1) is 12.6 Å². The molecule has 0 saturated heterocycles. The molecule has 0 saturated carbocycles. The topological polar surface area (TPSA) is 109 Å². The van der Waals surface area contributed by atoms with Crippen LogP contribution in [0.1, 0.15) is 31.0 Å². The van der Waals surface area contributed by atoms with Gasteiger partial charge in [-0.15, -0.1) is 0 Å². The summed E-state index contributed by atoms with van der Waals surface area (Å²) in [7, 11) is 0. The Bertz CT molecular complexity index is 983. The van der Waals surface area contributed by atoms with Gasteiger partial charge < -0.3 is 19.9 Å². The van der Waals surface area contributed by atoms with Crippen molar-refractivity contribution in [3.8, 4) is 17.6 Å². The number of carbonyl (C=O) groups is 2. The first-order chi connectivity index (χ1) is 14.3. The molecule has 2 N–H and O–H groups in total. The minimum absolute atomic E-state index is 0.0832. The summed E-state index contributed by atoms with van der Waals surface area (Å²) in [4.78, 5) is 23.4. The molecule has 0 aliphatic heterocycles. The standard InChI is InChI=1S/C22H21BrN2O5/c1-3-29-19-10-16(18(23)11-20(19)30-13-21(26)27)9-17(12-24)22(28)25-14(2)15-7-5-4-6-8-15/h4-11,14H,3,13H2,1-2H3,(H,25,28)(H,26,27)/b17-9-/t14-/m0/s1. The summed E-state index contributed by atoms with van der Waals surface area (Å²) in [6.07, 6.45) is 1.43. The van der Waals surface area contributed by atoms with E-state index >= 15 is 0 Å². The number of nitrogens with zero attached hydrogens (tertiary/aromatic N) is 1. The molecule has 30 heavy (non-hydrogen) atoms. The smallest absolute Gasteiger partial charge is 0.341 e. The highest BCUT2D eigenvalue weighted by molar-refractivity contribution is 9.10. The van der Waals surface area contributed by atoms with Crippen LogP contribution in [0.4, 0.5) is 0 Å². The van der Waals surface area contributed by atoms with Crippen LogP contribution in [0.25, 0.3) is 6.08 Å². The van der Waals surface area contributed by atoms with E-state index < -0.39 is 18.5 Å². The number of ether oxygens (including phenoxy) is 2. The zero-order chi connectivity index (χ0) is 22.1. The number of hydrogen-bond donors (Lipinski definition) is 2. The fraction of sp³-hybridized carbons (Fsp3) is 0.227. The second-order valence-electron chi connectivity index (χ2n) is 6.21. The van der Waals surface area contributed by atoms with Gasteiger partial charge in [0, 0.05) is 4.47 Å². The van der Waals surface area contributed by atoms with Crippen LogP contribution in [0.2, 0.25) is 0 Å². The Kier molecular flexibility index (Phi) is 8.44. The van der Waals surface area contributed by atoms with Crippen LogP contribution < -0.4 is 14.8 Å². The SMILES string of the molecule is CCOc1cc(/C=C(/C#N)C(=O)N[C@@H](C)c2ccccc2)c(Br)cc1OCC(=O)O. The first-order valence-electron chi connectivity index (χ1n) is 9.14. The van der Waals surface area contributed by atoms with Crippen molar-refractivity contribution in [3.63, 3.8) is 0 Å². The van der Waals surface area contributed by atoms with E-state index in [0.717, 1.165) is 5.56 Å². The number of nitriles is 1. The van der Waals surface area contributed by atoms with Crippen LogP contribution in [0.3, 0.4) is 0 Å². The van der Waals surface area contributed by atoms with Gasteiger partial charge in [-0.2, -0.15) is 5.26 Å². The van der Waals surface area contributed by atoms with Gasteiger partial charge in [0.1, 0.15) is 11.6 Å². The Hall–Kier alpha value is -3.31. The normalized spacial score (nSPS) is 11.9. The molecule has 0 aliphatic carbocycles. The molecule has 0 radical (unpaired) electrons. The van der Waals surface area contributed by atoms with E-state index in [0.29, 0.717) is 22.4 Å². The molecule has 0 aliphatic rings. The average molecular weight is 473 g/mol. The van der Waals surface area contributed by atoms with Crippen molar-refractivity contribution in [3.05, 3.63) is 63.6 Å². The number of halogens is 1. The highest BCUT2D eigenvalue weighted by atomic mass is 79.9. The molecule has 156 valence electrons. The second kappa shape index (κ2) is 11.0. The number of benzene rings is 2. The van der Waals surface area contributed by atoms with Gasteiger partial charge in [-0.1, -0.05) is 46.3 Å². The molecular weight excluding hydrogens is 452 g/mol. The molecule has 0 fully saturated rings. The fourth-order valence-electron chi connectivity index (χ4n) is 2.59. The summed E-state index contributed by atoms with van der Waals surface area (Å²) < 4.78 is 11.3. The summed E-state index contributed by atoms with van der Waals surface area (Å²) in [5.74, 6) is -1.08. The molecule has 1 amide bonds. The van der Waals surface area contributed by atoms with Gasteiger partial charge in [-0.3, -0.25) is 4.79 Å². The zero-order valence-corrected chi connectivity index (χ0v) is 18.1. The van der Waals surface area contributed by atoms with Crippen molar-refractivity contribution >= 4 is 33.9 Å². The van der Waals surface area contributed by atoms with E-state index in [2.05, 4.69) is 21.2 Å². The molecule has 0 spiro atoms. The maximum absolute atomic E-state index is 12.6. The van der Waals surface area contributed by atoms with E-state index in [4.69, 9.17) is 14.6 Å². The first-order valence-corrected chi connectivity index (χ1v) is 9.93. The van der Waals surface area contributed by atoms with Crippen molar-refractivity contribution < 1.29 is 24.2 Å². The number of carbonyl (C=O) groups excluding carboxylic acids is 1. The summed E-state index contributed by atoms with van der Waals surface area (Å²) in [5.41, 5.74) is 1.35. The molecule has 8 heteroatoms. The lowest BCUT2D eigenvalue weighted by molar-refractivity contribution is -0.139. The van der Waals surface area contributed by atoms with Gasteiger partial charge in [0.25, 0.3) is 5.91 Å². The summed E-state index contributed by atoms with van der Waals surface area (Å²) in [5, 5.41) is 21.1. The van der Waals surface area contributed by atoms with Crippen LogP contribution in [0.5, 0.6) is 11.5 Å². The minimum atomic E-state index is -1.12. The Labute approximate surface area is 183 Å². The Balaban J connectivity index is 2.29. The summed E-state index contributed by atoms with van der Waals surface area (Å²) in [6.45, 7) is 3.41. The first kappa shape index (κ1) is 23.0. The van der Waals surface area contributed by atoms with Crippen LogP contribution >= 0.6 is 15.9 Å². The molecule has 0 heterocycles. The summed E-state index contributed by atoms with van der Waals surface area (Å²) >= 11 is 3.37. The molecule has 0 unspecified atom stereocenters. The number of amides is 1. The second-order valence-corrected chi connectivity index (χ2v) is 7.07. The molecule has 7 nitrogen and oxygen atoms in total. The number of aliphatic carboxylic acids is 1. The molecule has 0 bridgehead atoms. The number of carboxylic acids is 1. The molecular formula is C22H21BrN2O5. The lowest BCUT2D eigenvalue weighted by Crippen LogP contribution is -2.27. The van der Waals surface area contributed by atoms with Crippen molar-refractivity contribution in [2.75, 3.05) is 13.2 Å². The minimum Gasteiger partial charge on any atom is -0.490 e. The highest BCUT2D eigenvalue weighted by Crippen LogP contribution is 2.35. The highest BCUT2D eigenvalue weighted by Gasteiger charge is 2.16. The maximum Gasteiger partial charge on any atom is 0.341 e. The Morgan fingerprint density at radius 3 is 2.50 bits per heavy atom. The number of carboxylic acid groups (broad SMARTS) is 1. The van der Waals surface area contributed by atoms with Crippen molar-refractivity contribution in [2.24, 2.45) is 0 Å². The van der Waals surface area contributed by atoms with Crippen molar-refractivity contribution in [2.45, 2.75) is 19.9 Å². The largest absolute Gasteiger partial charge is 0.490 e. The number of hydrogen-bond acceptors (Lipinski definition) is 5. The Morgan fingerprint density at radius 2 is 1.90 bits per heavy atom. The quantitative estimate of drug-likeness (QED) is 0.420. The number of rotatable bonds is 9. The van der Waals surface area contributed by atoms with Crippen molar-refractivity contribution in [1.29, 1.82) is 5.26 Å². The fourth-order valence-corrected chi connectivity index (χ4v) is 3.02.